The van der Waals surface area contributed by atoms with E-state index in [1.165, 1.54) is 6.42 Å². The lowest BCUT2D eigenvalue weighted by Crippen LogP contribution is -2.45. The van der Waals surface area contributed by atoms with Crippen LogP contribution in [0.2, 0.25) is 0 Å². The standard InChI is InChI=1S/C15H19N5O/c1-19-9-21-13(18-19)10-4-5-11-12(8-10)20(2)14(17-11)15(16)6-3-7-15/h4-5,8H,3,6-7,9,16H2,1-2H3. The van der Waals surface area contributed by atoms with Crippen molar-refractivity contribution in [3.8, 4) is 0 Å². The fourth-order valence-electron chi connectivity index (χ4n) is 3.06. The summed E-state index contributed by atoms with van der Waals surface area (Å²) in [6.45, 7) is 0.496. The first kappa shape index (κ1) is 12.6. The molecule has 2 N–H and O–H groups in total. The van der Waals surface area contributed by atoms with Crippen molar-refractivity contribution < 1.29 is 4.74 Å². The molecule has 6 heteroatoms. The van der Waals surface area contributed by atoms with Crippen LogP contribution in [-0.2, 0) is 17.3 Å². The number of aryl methyl sites for hydroxylation is 1. The minimum Gasteiger partial charge on any atom is -0.453 e. The van der Waals surface area contributed by atoms with Crippen molar-refractivity contribution in [1.29, 1.82) is 0 Å². The summed E-state index contributed by atoms with van der Waals surface area (Å²) < 4.78 is 7.68. The van der Waals surface area contributed by atoms with E-state index >= 15 is 0 Å². The first-order valence-corrected chi connectivity index (χ1v) is 7.26. The highest BCUT2D eigenvalue weighted by molar-refractivity contribution is 5.97. The van der Waals surface area contributed by atoms with Crippen LogP contribution >= 0.6 is 0 Å². The van der Waals surface area contributed by atoms with Crippen molar-refractivity contribution in [2.75, 3.05) is 13.8 Å². The van der Waals surface area contributed by atoms with Crippen LogP contribution in [0.5, 0.6) is 0 Å². The maximum Gasteiger partial charge on any atom is 0.240 e. The van der Waals surface area contributed by atoms with E-state index in [1.54, 1.807) is 5.01 Å². The highest BCUT2D eigenvalue weighted by Crippen LogP contribution is 2.39. The van der Waals surface area contributed by atoms with E-state index in [4.69, 9.17) is 15.5 Å². The van der Waals surface area contributed by atoms with Crippen molar-refractivity contribution in [1.82, 2.24) is 14.6 Å². The van der Waals surface area contributed by atoms with Gasteiger partial charge < -0.3 is 15.0 Å². The average molecular weight is 285 g/mol. The van der Waals surface area contributed by atoms with E-state index in [2.05, 4.69) is 15.7 Å². The number of hydrazone groups is 1. The van der Waals surface area contributed by atoms with Gasteiger partial charge in [0.2, 0.25) is 5.90 Å². The predicted molar refractivity (Wildman–Crippen MR) is 80.7 cm³/mol. The smallest absolute Gasteiger partial charge is 0.240 e. The molecule has 2 aromatic rings. The molecule has 0 spiro atoms. The van der Waals surface area contributed by atoms with Gasteiger partial charge in [0.05, 0.1) is 16.6 Å². The quantitative estimate of drug-likeness (QED) is 0.907. The van der Waals surface area contributed by atoms with Crippen LogP contribution in [0.1, 0.15) is 30.7 Å². The number of nitrogens with zero attached hydrogens (tertiary/aromatic N) is 4. The molecule has 1 aliphatic heterocycles. The van der Waals surface area contributed by atoms with Gasteiger partial charge in [-0.25, -0.2) is 4.98 Å². The molecule has 0 atom stereocenters. The summed E-state index contributed by atoms with van der Waals surface area (Å²) in [5, 5.41) is 6.13. The molecule has 1 fully saturated rings. The number of hydrogen-bond donors (Lipinski definition) is 1. The SMILES string of the molecule is CN1COC(c2ccc3nc(C4(N)CCC4)n(C)c3c2)=N1. The first-order valence-electron chi connectivity index (χ1n) is 7.26. The molecule has 1 saturated carbocycles. The second-order valence-electron chi connectivity index (χ2n) is 6.04. The number of hydrogen-bond acceptors (Lipinski definition) is 5. The minimum absolute atomic E-state index is 0.254. The molecule has 6 nitrogen and oxygen atoms in total. The Hall–Kier alpha value is -2.08. The van der Waals surface area contributed by atoms with E-state index in [1.807, 2.05) is 26.2 Å². The second-order valence-corrected chi connectivity index (χ2v) is 6.04. The van der Waals surface area contributed by atoms with Crippen LogP contribution in [0.4, 0.5) is 0 Å². The summed E-state index contributed by atoms with van der Waals surface area (Å²) in [5.41, 5.74) is 9.19. The van der Waals surface area contributed by atoms with Gasteiger partial charge in [-0.1, -0.05) is 0 Å². The molecule has 2 heterocycles. The van der Waals surface area contributed by atoms with Gasteiger partial charge in [0.25, 0.3) is 0 Å². The van der Waals surface area contributed by atoms with Gasteiger partial charge in [0.1, 0.15) is 5.82 Å². The minimum atomic E-state index is -0.254. The zero-order valence-corrected chi connectivity index (χ0v) is 12.3. The van der Waals surface area contributed by atoms with E-state index in [0.717, 1.165) is 35.3 Å². The third-order valence-corrected chi connectivity index (χ3v) is 4.47. The average Bonchev–Trinajstić information content (AvgIpc) is 3.01. The molecule has 4 rings (SSSR count). The maximum atomic E-state index is 6.43. The Morgan fingerprint density at radius 3 is 2.71 bits per heavy atom. The van der Waals surface area contributed by atoms with E-state index in [9.17, 15) is 0 Å². The van der Waals surface area contributed by atoms with E-state index in [-0.39, 0.29) is 5.54 Å². The molecule has 110 valence electrons. The monoisotopic (exact) mass is 285 g/mol. The lowest BCUT2D eigenvalue weighted by Gasteiger charge is -2.37. The van der Waals surface area contributed by atoms with Gasteiger partial charge in [-0.15, -0.1) is 5.10 Å². The Labute approximate surface area is 123 Å². The Kier molecular flexibility index (Phi) is 2.53. The summed E-state index contributed by atoms with van der Waals surface area (Å²) in [6.07, 6.45) is 3.21. The fourth-order valence-corrected chi connectivity index (χ4v) is 3.06. The molecule has 0 bridgehead atoms. The number of aromatic nitrogens is 2. The molecule has 0 unspecified atom stereocenters. The number of imidazole rings is 1. The largest absolute Gasteiger partial charge is 0.453 e. The zero-order valence-electron chi connectivity index (χ0n) is 12.3. The molecular formula is C15H19N5O. The number of ether oxygens (including phenoxy) is 1. The molecule has 1 aromatic carbocycles. The van der Waals surface area contributed by atoms with Crippen molar-refractivity contribution in [3.63, 3.8) is 0 Å². The molecule has 0 radical (unpaired) electrons. The highest BCUT2D eigenvalue weighted by atomic mass is 16.5. The van der Waals surface area contributed by atoms with Crippen molar-refractivity contribution in [2.45, 2.75) is 24.8 Å². The number of benzene rings is 1. The number of rotatable bonds is 2. The Balaban J connectivity index is 1.81. The van der Waals surface area contributed by atoms with Gasteiger partial charge in [0, 0.05) is 19.7 Å². The summed E-state index contributed by atoms with van der Waals surface area (Å²) in [4.78, 5) is 4.74. The Bertz CT molecular complexity index is 744. The van der Waals surface area contributed by atoms with E-state index in [0.29, 0.717) is 12.6 Å². The van der Waals surface area contributed by atoms with Crippen LogP contribution in [0, 0.1) is 0 Å². The summed E-state index contributed by atoms with van der Waals surface area (Å²) >= 11 is 0. The van der Waals surface area contributed by atoms with Gasteiger partial charge >= 0.3 is 0 Å². The molecular weight excluding hydrogens is 266 g/mol. The molecule has 1 aromatic heterocycles. The van der Waals surface area contributed by atoms with Crippen LogP contribution < -0.4 is 5.73 Å². The predicted octanol–water partition coefficient (Wildman–Crippen LogP) is 1.49. The molecule has 0 saturated heterocycles. The van der Waals surface area contributed by atoms with Crippen LogP contribution in [0.3, 0.4) is 0 Å². The number of nitrogens with two attached hydrogens (primary N) is 1. The topological polar surface area (TPSA) is 68.7 Å². The zero-order chi connectivity index (χ0) is 14.6. The van der Waals surface area contributed by atoms with Gasteiger partial charge in [-0.05, 0) is 37.5 Å². The van der Waals surface area contributed by atoms with Gasteiger partial charge in [0.15, 0.2) is 6.73 Å². The normalized spacial score (nSPS) is 20.3. The first-order chi connectivity index (χ1) is 10.1. The van der Waals surface area contributed by atoms with E-state index < -0.39 is 0 Å². The van der Waals surface area contributed by atoms with Crippen molar-refractivity contribution in [2.24, 2.45) is 17.9 Å². The van der Waals surface area contributed by atoms with Crippen molar-refractivity contribution in [3.05, 3.63) is 29.6 Å². The summed E-state index contributed by atoms with van der Waals surface area (Å²) in [5.74, 6) is 1.64. The molecule has 1 aliphatic carbocycles. The Morgan fingerprint density at radius 1 is 1.29 bits per heavy atom. The maximum absolute atomic E-state index is 6.43. The molecule has 0 amide bonds. The van der Waals surface area contributed by atoms with Crippen LogP contribution in [0.15, 0.2) is 23.3 Å². The third kappa shape index (κ3) is 1.82. The lowest BCUT2D eigenvalue weighted by atomic mass is 9.77. The summed E-state index contributed by atoms with van der Waals surface area (Å²) in [6, 6.07) is 6.09. The fraction of sp³-hybridized carbons (Fsp3) is 0.467. The van der Waals surface area contributed by atoms with Gasteiger partial charge in [-0.3, -0.25) is 5.01 Å². The third-order valence-electron chi connectivity index (χ3n) is 4.47. The molecule has 2 aliphatic rings. The second kappa shape index (κ2) is 4.21. The van der Waals surface area contributed by atoms with Crippen LogP contribution in [0.25, 0.3) is 11.0 Å². The highest BCUT2D eigenvalue weighted by Gasteiger charge is 2.38. The lowest BCUT2D eigenvalue weighted by molar-refractivity contribution is 0.199. The van der Waals surface area contributed by atoms with Crippen LogP contribution in [-0.4, -0.2) is 34.2 Å². The van der Waals surface area contributed by atoms with Crippen molar-refractivity contribution >= 4 is 16.9 Å². The Morgan fingerprint density at radius 2 is 2.10 bits per heavy atom. The van der Waals surface area contributed by atoms with Gasteiger partial charge in [-0.2, -0.15) is 0 Å². The summed E-state index contributed by atoms with van der Waals surface area (Å²) in [7, 11) is 3.92. The molecule has 21 heavy (non-hydrogen) atoms. The number of fused-ring (bicyclic) bond motifs is 1.